The van der Waals surface area contributed by atoms with Crippen LogP contribution >= 0.6 is 0 Å². The van der Waals surface area contributed by atoms with Gasteiger partial charge >= 0.3 is 11.9 Å². The molecule has 2 aliphatic heterocycles. The van der Waals surface area contributed by atoms with Crippen molar-refractivity contribution in [2.45, 2.75) is 69.3 Å². The molecule has 2 aliphatic carbocycles. The molecule has 6 atom stereocenters. The number of carbonyl (C=O) groups is 3. The second kappa shape index (κ2) is 7.55. The Labute approximate surface area is 197 Å². The molecule has 9 nitrogen and oxygen atoms in total. The number of aromatic hydroxyl groups is 1. The van der Waals surface area contributed by atoms with Crippen molar-refractivity contribution in [2.75, 3.05) is 13.6 Å². The largest absolute Gasteiger partial charge is 0.504 e. The maximum absolute atomic E-state index is 13.1. The molecule has 2 N–H and O–H groups in total. The van der Waals surface area contributed by atoms with Crippen molar-refractivity contribution < 1.29 is 38.8 Å². The molecule has 0 radical (unpaired) electrons. The van der Waals surface area contributed by atoms with Crippen molar-refractivity contribution in [1.29, 1.82) is 0 Å². The Hall–Kier alpha value is -2.91. The van der Waals surface area contributed by atoms with E-state index >= 15 is 0 Å². The molecule has 2 bridgehead atoms. The molecule has 5 rings (SSSR count). The van der Waals surface area contributed by atoms with Crippen LogP contribution in [0.25, 0.3) is 0 Å². The van der Waals surface area contributed by atoms with Gasteiger partial charge in [-0.3, -0.25) is 14.4 Å². The van der Waals surface area contributed by atoms with Crippen LogP contribution < -0.4 is 4.74 Å². The Morgan fingerprint density at radius 3 is 2.68 bits per heavy atom. The van der Waals surface area contributed by atoms with Gasteiger partial charge in [0.1, 0.15) is 5.76 Å². The van der Waals surface area contributed by atoms with Gasteiger partial charge in [0.15, 0.2) is 29.5 Å². The van der Waals surface area contributed by atoms with Gasteiger partial charge in [0.2, 0.25) is 0 Å². The van der Waals surface area contributed by atoms with Crippen molar-refractivity contribution in [3.8, 4) is 11.5 Å². The standard InChI is InChI=1S/C25H29NO8/c1-12(20(13(2)27)32-14(3)28)23(30)33-17-7-8-25(31)18-11-15-5-6-16(29)21-19(15)24(25,22(17)34-21)9-10-26(18)4/h5-7,12,18,20,22,29,31H,8-11H2,1-4H3/t12-,18-,20-,22+,24+,25-/m1/s1. The molecule has 1 aromatic carbocycles. The lowest BCUT2D eigenvalue weighted by Gasteiger charge is -2.61. The third-order valence-corrected chi connectivity index (χ3v) is 8.09. The lowest BCUT2D eigenvalue weighted by Crippen LogP contribution is -2.74. The first-order valence-corrected chi connectivity index (χ1v) is 11.5. The third kappa shape index (κ3) is 2.89. The molecule has 0 aromatic heterocycles. The van der Waals surface area contributed by atoms with Crippen LogP contribution in [-0.2, 0) is 35.7 Å². The third-order valence-electron chi connectivity index (χ3n) is 8.09. The Balaban J connectivity index is 1.53. The summed E-state index contributed by atoms with van der Waals surface area (Å²) in [7, 11) is 1.99. The second-order valence-electron chi connectivity index (χ2n) is 9.95. The van der Waals surface area contributed by atoms with E-state index in [4.69, 9.17) is 14.2 Å². The number of Topliss-reactive ketones (excluding diaryl/α,β-unsaturated/α-hetero) is 1. The molecule has 1 spiro atoms. The molecule has 1 aromatic rings. The molecule has 4 aliphatic rings. The van der Waals surface area contributed by atoms with Crippen molar-refractivity contribution in [3.05, 3.63) is 35.1 Å². The summed E-state index contributed by atoms with van der Waals surface area (Å²) in [6, 6.07) is 3.31. The Morgan fingerprint density at radius 2 is 2.00 bits per heavy atom. The van der Waals surface area contributed by atoms with Crippen LogP contribution in [0.4, 0.5) is 0 Å². The highest BCUT2D eigenvalue weighted by Crippen LogP contribution is 2.65. The molecule has 0 saturated carbocycles. The van der Waals surface area contributed by atoms with Crippen molar-refractivity contribution in [2.24, 2.45) is 5.92 Å². The van der Waals surface area contributed by atoms with Crippen LogP contribution in [-0.4, -0.2) is 70.3 Å². The smallest absolute Gasteiger partial charge is 0.318 e. The molecule has 2 heterocycles. The zero-order valence-electron chi connectivity index (χ0n) is 19.7. The minimum absolute atomic E-state index is 0.0206. The number of phenolic OH excluding ortho intramolecular Hbond substituents is 1. The van der Waals surface area contributed by atoms with E-state index in [0.717, 1.165) is 11.1 Å². The number of carbonyl (C=O) groups excluding carboxylic acids is 3. The number of hydrogen-bond donors (Lipinski definition) is 2. The van der Waals surface area contributed by atoms with E-state index in [1.807, 2.05) is 13.1 Å². The predicted molar refractivity (Wildman–Crippen MR) is 118 cm³/mol. The molecule has 182 valence electrons. The van der Waals surface area contributed by atoms with Gasteiger partial charge in [-0.05, 0) is 58.0 Å². The van der Waals surface area contributed by atoms with Crippen LogP contribution in [0.2, 0.25) is 0 Å². The number of hydrogen-bond acceptors (Lipinski definition) is 9. The van der Waals surface area contributed by atoms with Gasteiger partial charge in [-0.25, -0.2) is 0 Å². The molecule has 1 fully saturated rings. The fourth-order valence-corrected chi connectivity index (χ4v) is 6.49. The molecule has 9 heteroatoms. The van der Waals surface area contributed by atoms with Gasteiger partial charge in [0, 0.05) is 24.9 Å². The van der Waals surface area contributed by atoms with Gasteiger partial charge in [-0.1, -0.05) is 6.07 Å². The Bertz CT molecular complexity index is 1130. The van der Waals surface area contributed by atoms with Gasteiger partial charge in [0.25, 0.3) is 0 Å². The molecular weight excluding hydrogens is 442 g/mol. The SMILES string of the molecule is CC(=O)O[C@@H](C(C)=O)[C@@H](C)C(=O)OC1=CC[C@@]2(O)[C@H]3Cc4ccc(O)c5c4[C@@]2(CCN3C)[C@H]1O5. The maximum atomic E-state index is 13.1. The molecule has 0 unspecified atom stereocenters. The maximum Gasteiger partial charge on any atom is 0.318 e. The Kier molecular flexibility index (Phi) is 5.07. The summed E-state index contributed by atoms with van der Waals surface area (Å²) in [6.07, 6.45) is 1.01. The van der Waals surface area contributed by atoms with E-state index in [0.29, 0.717) is 25.1 Å². The summed E-state index contributed by atoms with van der Waals surface area (Å²) >= 11 is 0. The molecule has 1 saturated heterocycles. The average Bonchev–Trinajstić information content (AvgIpc) is 3.13. The summed E-state index contributed by atoms with van der Waals surface area (Å²) in [4.78, 5) is 38.6. The normalized spacial score (nSPS) is 32.6. The first-order valence-electron chi connectivity index (χ1n) is 11.5. The van der Waals surface area contributed by atoms with Gasteiger partial charge < -0.3 is 29.3 Å². The monoisotopic (exact) mass is 471 g/mol. The van der Waals surface area contributed by atoms with E-state index in [1.165, 1.54) is 20.8 Å². The lowest BCUT2D eigenvalue weighted by molar-refractivity contribution is -0.174. The van der Waals surface area contributed by atoms with Gasteiger partial charge in [-0.2, -0.15) is 0 Å². The zero-order valence-corrected chi connectivity index (χ0v) is 19.7. The summed E-state index contributed by atoms with van der Waals surface area (Å²) in [6.45, 7) is 4.59. The van der Waals surface area contributed by atoms with Crippen molar-refractivity contribution in [1.82, 2.24) is 4.90 Å². The van der Waals surface area contributed by atoms with Crippen LogP contribution in [0, 0.1) is 5.92 Å². The summed E-state index contributed by atoms with van der Waals surface area (Å²) in [5.41, 5.74) is -0.253. The number of phenols is 1. The number of likely N-dealkylation sites (tertiary alicyclic amines) is 1. The van der Waals surface area contributed by atoms with Crippen LogP contribution in [0.15, 0.2) is 24.0 Å². The summed E-state index contributed by atoms with van der Waals surface area (Å²) in [5, 5.41) is 22.7. The van der Waals surface area contributed by atoms with Crippen LogP contribution in [0.1, 0.15) is 44.7 Å². The highest BCUT2D eigenvalue weighted by Gasteiger charge is 2.72. The fourth-order valence-electron chi connectivity index (χ4n) is 6.49. The number of rotatable bonds is 5. The lowest BCUT2D eigenvalue weighted by atomic mass is 9.50. The Morgan fingerprint density at radius 1 is 1.26 bits per heavy atom. The van der Waals surface area contributed by atoms with Crippen molar-refractivity contribution in [3.63, 3.8) is 0 Å². The number of likely N-dealkylation sites (N-methyl/N-ethyl adjacent to an activating group) is 1. The number of esters is 2. The van der Waals surface area contributed by atoms with E-state index in [2.05, 4.69) is 4.90 Å². The van der Waals surface area contributed by atoms with Crippen LogP contribution in [0.3, 0.4) is 0 Å². The topological polar surface area (TPSA) is 123 Å². The predicted octanol–water partition coefficient (Wildman–Crippen LogP) is 1.37. The van der Waals surface area contributed by atoms with Gasteiger partial charge in [-0.15, -0.1) is 0 Å². The van der Waals surface area contributed by atoms with E-state index in [-0.39, 0.29) is 24.0 Å². The minimum Gasteiger partial charge on any atom is -0.504 e. The summed E-state index contributed by atoms with van der Waals surface area (Å²) in [5.74, 6) is -2.37. The fraction of sp³-hybridized carbons (Fsp3) is 0.560. The van der Waals surface area contributed by atoms with E-state index in [1.54, 1.807) is 12.1 Å². The average molecular weight is 472 g/mol. The minimum atomic E-state index is -1.26. The molecular formula is C25H29NO8. The van der Waals surface area contributed by atoms with Crippen molar-refractivity contribution >= 4 is 17.7 Å². The second-order valence-corrected chi connectivity index (χ2v) is 9.95. The number of benzene rings is 1. The number of nitrogens with zero attached hydrogens (tertiary/aromatic N) is 1. The molecule has 0 amide bonds. The number of ketones is 1. The highest BCUT2D eigenvalue weighted by atomic mass is 16.6. The van der Waals surface area contributed by atoms with E-state index < -0.39 is 46.9 Å². The van der Waals surface area contributed by atoms with E-state index in [9.17, 15) is 24.6 Å². The van der Waals surface area contributed by atoms with Gasteiger partial charge in [0.05, 0.1) is 16.9 Å². The first-order chi connectivity index (χ1) is 16.0. The molecule has 34 heavy (non-hydrogen) atoms. The number of aliphatic hydroxyl groups is 1. The first kappa shape index (κ1) is 22.9. The number of ether oxygens (including phenoxy) is 3. The number of piperidine rings is 1. The highest BCUT2D eigenvalue weighted by molar-refractivity contribution is 5.89. The van der Waals surface area contributed by atoms with Crippen LogP contribution in [0.5, 0.6) is 11.5 Å². The zero-order chi connectivity index (χ0) is 24.6. The quantitative estimate of drug-likeness (QED) is 0.613. The summed E-state index contributed by atoms with van der Waals surface area (Å²) < 4.78 is 17.1.